The molecule has 3 rings (SSSR count). The van der Waals surface area contributed by atoms with Crippen molar-refractivity contribution in [2.75, 3.05) is 32.4 Å². The second-order valence-electron chi connectivity index (χ2n) is 4.73. The van der Waals surface area contributed by atoms with Crippen LogP contribution in [0.25, 0.3) is 0 Å². The lowest BCUT2D eigenvalue weighted by molar-refractivity contribution is 0.0932. The number of carbonyl (C=O) groups is 1. The number of hydrogen-bond donors (Lipinski definition) is 2. The van der Waals surface area contributed by atoms with Gasteiger partial charge in [-0.2, -0.15) is 0 Å². The minimum Gasteiger partial charge on any atom is -0.454 e. The molecular weight excluding hydrogens is 300 g/mol. The van der Waals surface area contributed by atoms with Crippen molar-refractivity contribution >= 4 is 17.4 Å². The lowest BCUT2D eigenvalue weighted by Gasteiger charge is -2.08. The molecule has 2 aromatic rings. The molecule has 0 saturated carbocycles. The highest BCUT2D eigenvalue weighted by Crippen LogP contribution is 2.34. The number of nitrogens with one attached hydrogen (secondary N) is 2. The molecular formula is C15H16N4O4. The van der Waals surface area contributed by atoms with Gasteiger partial charge in [-0.3, -0.25) is 4.79 Å². The van der Waals surface area contributed by atoms with Crippen molar-refractivity contribution < 1.29 is 19.0 Å². The van der Waals surface area contributed by atoms with Gasteiger partial charge < -0.3 is 24.8 Å². The van der Waals surface area contributed by atoms with Crippen LogP contribution in [0.5, 0.6) is 11.5 Å². The minimum atomic E-state index is -0.279. The fourth-order valence-corrected chi connectivity index (χ4v) is 2.03. The molecule has 0 aliphatic carbocycles. The van der Waals surface area contributed by atoms with Gasteiger partial charge in [0.2, 0.25) is 6.79 Å². The highest BCUT2D eigenvalue weighted by Gasteiger charge is 2.14. The van der Waals surface area contributed by atoms with Crippen LogP contribution in [-0.4, -0.2) is 42.9 Å². The number of rotatable bonds is 6. The Balaban J connectivity index is 1.69. The van der Waals surface area contributed by atoms with Gasteiger partial charge in [-0.1, -0.05) is 0 Å². The first-order chi connectivity index (χ1) is 11.3. The lowest BCUT2D eigenvalue weighted by Crippen LogP contribution is -2.27. The number of fused-ring (bicyclic) bond motifs is 1. The third-order valence-corrected chi connectivity index (χ3v) is 3.14. The molecule has 0 spiro atoms. The summed E-state index contributed by atoms with van der Waals surface area (Å²) in [5.41, 5.74) is 1.05. The van der Waals surface area contributed by atoms with E-state index < -0.39 is 0 Å². The Hall–Kier alpha value is -2.87. The third-order valence-electron chi connectivity index (χ3n) is 3.14. The van der Waals surface area contributed by atoms with E-state index in [1.54, 1.807) is 13.2 Å². The van der Waals surface area contributed by atoms with Gasteiger partial charge in [0.25, 0.3) is 5.91 Å². The molecule has 0 radical (unpaired) electrons. The largest absolute Gasteiger partial charge is 0.454 e. The molecule has 8 nitrogen and oxygen atoms in total. The molecule has 2 N–H and O–H groups in total. The Morgan fingerprint density at radius 2 is 2.13 bits per heavy atom. The van der Waals surface area contributed by atoms with E-state index in [1.807, 2.05) is 18.2 Å². The minimum absolute atomic E-state index is 0.220. The number of hydrogen-bond acceptors (Lipinski definition) is 7. The summed E-state index contributed by atoms with van der Waals surface area (Å²) in [5, 5.41) is 5.81. The Morgan fingerprint density at radius 1 is 1.26 bits per heavy atom. The van der Waals surface area contributed by atoms with Crippen LogP contribution < -0.4 is 20.1 Å². The summed E-state index contributed by atoms with van der Waals surface area (Å²) in [6.07, 6.45) is 1.33. The van der Waals surface area contributed by atoms with Crippen molar-refractivity contribution in [3.05, 3.63) is 36.3 Å². The molecule has 8 heteroatoms. The molecule has 2 heterocycles. The predicted molar refractivity (Wildman–Crippen MR) is 82.1 cm³/mol. The van der Waals surface area contributed by atoms with Gasteiger partial charge in [-0.25, -0.2) is 9.97 Å². The van der Waals surface area contributed by atoms with E-state index >= 15 is 0 Å². The van der Waals surface area contributed by atoms with E-state index in [9.17, 15) is 4.79 Å². The average molecular weight is 316 g/mol. The van der Waals surface area contributed by atoms with Crippen LogP contribution in [0.3, 0.4) is 0 Å². The highest BCUT2D eigenvalue weighted by atomic mass is 16.7. The number of anilines is 2. The van der Waals surface area contributed by atoms with E-state index in [1.165, 1.54) is 6.33 Å². The van der Waals surface area contributed by atoms with E-state index in [2.05, 4.69) is 20.6 Å². The van der Waals surface area contributed by atoms with Gasteiger partial charge in [0.15, 0.2) is 11.5 Å². The van der Waals surface area contributed by atoms with E-state index in [4.69, 9.17) is 14.2 Å². The quantitative estimate of drug-likeness (QED) is 0.776. The van der Waals surface area contributed by atoms with Crippen molar-refractivity contribution in [2.24, 2.45) is 0 Å². The van der Waals surface area contributed by atoms with Gasteiger partial charge in [-0.05, 0) is 12.1 Å². The summed E-state index contributed by atoms with van der Waals surface area (Å²) in [4.78, 5) is 20.0. The SMILES string of the molecule is COCCNC(=O)c1cc(Nc2ccc3c(c2)OCO3)ncn1. The molecule has 0 atom stereocenters. The fourth-order valence-electron chi connectivity index (χ4n) is 2.03. The number of benzene rings is 1. The monoisotopic (exact) mass is 316 g/mol. The summed E-state index contributed by atoms with van der Waals surface area (Å²) in [5.74, 6) is 1.60. The first-order valence-electron chi connectivity index (χ1n) is 7.02. The molecule has 1 amide bonds. The Morgan fingerprint density at radius 3 is 3.00 bits per heavy atom. The number of carbonyl (C=O) groups excluding carboxylic acids is 1. The van der Waals surface area contributed by atoms with Crippen LogP contribution >= 0.6 is 0 Å². The smallest absolute Gasteiger partial charge is 0.270 e. The summed E-state index contributed by atoms with van der Waals surface area (Å²) < 4.78 is 15.5. The molecule has 1 aliphatic heterocycles. The number of amides is 1. The number of aromatic nitrogens is 2. The summed E-state index contributed by atoms with van der Waals surface area (Å²) in [6, 6.07) is 7.04. The summed E-state index contributed by atoms with van der Waals surface area (Å²) in [7, 11) is 1.57. The normalized spacial score (nSPS) is 12.0. The van der Waals surface area contributed by atoms with Gasteiger partial charge in [0.05, 0.1) is 6.61 Å². The second-order valence-corrected chi connectivity index (χ2v) is 4.73. The Bertz CT molecular complexity index is 708. The van der Waals surface area contributed by atoms with Crippen LogP contribution in [-0.2, 0) is 4.74 Å². The molecule has 120 valence electrons. The van der Waals surface area contributed by atoms with Crippen LogP contribution in [0.4, 0.5) is 11.5 Å². The van der Waals surface area contributed by atoms with Crippen molar-refractivity contribution in [1.29, 1.82) is 0 Å². The fraction of sp³-hybridized carbons (Fsp3) is 0.267. The zero-order valence-corrected chi connectivity index (χ0v) is 12.5. The molecule has 0 unspecified atom stereocenters. The molecule has 1 aromatic heterocycles. The summed E-state index contributed by atoms with van der Waals surface area (Å²) in [6.45, 7) is 1.08. The number of methoxy groups -OCH3 is 1. The molecule has 0 saturated heterocycles. The van der Waals surface area contributed by atoms with Gasteiger partial charge in [0, 0.05) is 31.5 Å². The zero-order chi connectivity index (χ0) is 16.1. The highest BCUT2D eigenvalue weighted by molar-refractivity contribution is 5.92. The standard InChI is InChI=1S/C15H16N4O4/c1-21-5-4-16-15(20)11-7-14(18-8-17-11)19-10-2-3-12-13(6-10)23-9-22-12/h2-3,6-8H,4-5,9H2,1H3,(H,16,20)(H,17,18,19). The topological polar surface area (TPSA) is 94.6 Å². The van der Waals surface area contributed by atoms with E-state index in [-0.39, 0.29) is 18.4 Å². The Labute approximate surface area is 132 Å². The number of nitrogens with zero attached hydrogens (tertiary/aromatic N) is 2. The molecule has 1 aromatic carbocycles. The lowest BCUT2D eigenvalue weighted by atomic mass is 10.2. The van der Waals surface area contributed by atoms with Crippen molar-refractivity contribution in [1.82, 2.24) is 15.3 Å². The van der Waals surface area contributed by atoms with Crippen molar-refractivity contribution in [2.45, 2.75) is 0 Å². The van der Waals surface area contributed by atoms with Gasteiger partial charge in [-0.15, -0.1) is 0 Å². The van der Waals surface area contributed by atoms with E-state index in [0.717, 1.165) is 5.69 Å². The van der Waals surface area contributed by atoms with Crippen molar-refractivity contribution in [3.63, 3.8) is 0 Å². The first kappa shape index (κ1) is 15.0. The van der Waals surface area contributed by atoms with Crippen LogP contribution in [0.1, 0.15) is 10.5 Å². The summed E-state index contributed by atoms with van der Waals surface area (Å²) >= 11 is 0. The van der Waals surface area contributed by atoms with E-state index in [0.29, 0.717) is 30.5 Å². The average Bonchev–Trinajstić information content (AvgIpc) is 3.03. The Kier molecular flexibility index (Phi) is 4.53. The molecule has 0 bridgehead atoms. The van der Waals surface area contributed by atoms with Gasteiger partial charge in [0.1, 0.15) is 17.8 Å². The zero-order valence-electron chi connectivity index (χ0n) is 12.5. The first-order valence-corrected chi connectivity index (χ1v) is 7.02. The number of ether oxygens (including phenoxy) is 3. The maximum absolute atomic E-state index is 12.0. The maximum atomic E-state index is 12.0. The van der Waals surface area contributed by atoms with Crippen molar-refractivity contribution in [3.8, 4) is 11.5 Å². The molecule has 1 aliphatic rings. The van der Waals surface area contributed by atoms with Crippen LogP contribution in [0.15, 0.2) is 30.6 Å². The van der Waals surface area contributed by atoms with Crippen LogP contribution in [0, 0.1) is 0 Å². The maximum Gasteiger partial charge on any atom is 0.270 e. The third kappa shape index (κ3) is 3.67. The molecule has 23 heavy (non-hydrogen) atoms. The molecule has 0 fully saturated rings. The predicted octanol–water partition coefficient (Wildman–Crippen LogP) is 1.33. The van der Waals surface area contributed by atoms with Gasteiger partial charge >= 0.3 is 0 Å². The van der Waals surface area contributed by atoms with Crippen LogP contribution in [0.2, 0.25) is 0 Å². The second kappa shape index (κ2) is 6.93.